The van der Waals surface area contributed by atoms with Crippen LogP contribution in [-0.2, 0) is 9.59 Å². The standard InChI is InChI=1S/C15H13F2N3O3S/c16-10-4-3-9(6-11(10)17)20-14(22)8-18-13(21)7-19-15(23)12-2-1-5-24-12/h1-6H,7-8H2,(H,18,21)(H,19,23)(H,20,22). The van der Waals surface area contributed by atoms with Gasteiger partial charge in [-0.15, -0.1) is 11.3 Å². The Balaban J connectivity index is 1.72. The Kier molecular flexibility index (Phi) is 5.96. The van der Waals surface area contributed by atoms with E-state index in [4.69, 9.17) is 0 Å². The second-order valence-electron chi connectivity index (χ2n) is 4.61. The Morgan fingerprint density at radius 3 is 2.38 bits per heavy atom. The predicted octanol–water partition coefficient (Wildman–Crippen LogP) is 1.51. The molecule has 0 atom stereocenters. The topological polar surface area (TPSA) is 87.3 Å². The number of halogens is 2. The van der Waals surface area contributed by atoms with Crippen LogP contribution in [0.25, 0.3) is 0 Å². The Labute approximate surface area is 139 Å². The van der Waals surface area contributed by atoms with Crippen molar-refractivity contribution in [3.05, 3.63) is 52.2 Å². The molecule has 0 spiro atoms. The van der Waals surface area contributed by atoms with E-state index in [1.807, 2.05) is 0 Å². The lowest BCUT2D eigenvalue weighted by atomic mass is 10.3. The molecule has 0 aliphatic rings. The van der Waals surface area contributed by atoms with Crippen molar-refractivity contribution in [3.63, 3.8) is 0 Å². The van der Waals surface area contributed by atoms with Gasteiger partial charge in [-0.05, 0) is 23.6 Å². The average molecular weight is 353 g/mol. The van der Waals surface area contributed by atoms with E-state index in [9.17, 15) is 23.2 Å². The lowest BCUT2D eigenvalue weighted by Gasteiger charge is -2.08. The molecule has 0 bridgehead atoms. The molecular weight excluding hydrogens is 340 g/mol. The van der Waals surface area contributed by atoms with E-state index in [-0.39, 0.29) is 24.7 Å². The maximum Gasteiger partial charge on any atom is 0.261 e. The summed E-state index contributed by atoms with van der Waals surface area (Å²) in [4.78, 5) is 35.3. The van der Waals surface area contributed by atoms with E-state index in [1.54, 1.807) is 17.5 Å². The Hall–Kier alpha value is -2.81. The minimum absolute atomic E-state index is 0.0687. The summed E-state index contributed by atoms with van der Waals surface area (Å²) in [5, 5.41) is 8.75. The summed E-state index contributed by atoms with van der Waals surface area (Å²) < 4.78 is 25.8. The summed E-state index contributed by atoms with van der Waals surface area (Å²) in [5.74, 6) is -3.67. The van der Waals surface area contributed by atoms with Gasteiger partial charge >= 0.3 is 0 Å². The summed E-state index contributed by atoms with van der Waals surface area (Å²) in [6.45, 7) is -0.651. The largest absolute Gasteiger partial charge is 0.345 e. The van der Waals surface area contributed by atoms with Crippen molar-refractivity contribution in [3.8, 4) is 0 Å². The van der Waals surface area contributed by atoms with Crippen LogP contribution < -0.4 is 16.0 Å². The van der Waals surface area contributed by atoms with Gasteiger partial charge in [0.2, 0.25) is 11.8 Å². The third-order valence-electron chi connectivity index (χ3n) is 2.80. The maximum atomic E-state index is 13.0. The Morgan fingerprint density at radius 2 is 1.71 bits per heavy atom. The molecule has 126 valence electrons. The summed E-state index contributed by atoms with van der Waals surface area (Å²) in [6.07, 6.45) is 0. The summed E-state index contributed by atoms with van der Waals surface area (Å²) in [5.41, 5.74) is 0.0687. The molecular formula is C15H13F2N3O3S. The van der Waals surface area contributed by atoms with E-state index in [0.29, 0.717) is 4.88 Å². The number of thiophene rings is 1. The van der Waals surface area contributed by atoms with Crippen LogP contribution in [0.1, 0.15) is 9.67 Å². The number of carbonyl (C=O) groups is 3. The fraction of sp³-hybridized carbons (Fsp3) is 0.133. The molecule has 1 aromatic carbocycles. The number of carbonyl (C=O) groups excluding carboxylic acids is 3. The normalized spacial score (nSPS) is 10.1. The third-order valence-corrected chi connectivity index (χ3v) is 3.67. The average Bonchev–Trinajstić information content (AvgIpc) is 3.08. The van der Waals surface area contributed by atoms with E-state index in [1.165, 1.54) is 17.4 Å². The molecule has 1 aromatic heterocycles. The van der Waals surface area contributed by atoms with Crippen LogP contribution in [0.15, 0.2) is 35.7 Å². The molecule has 0 fully saturated rings. The fourth-order valence-electron chi connectivity index (χ4n) is 1.68. The molecule has 1 heterocycles. The highest BCUT2D eigenvalue weighted by molar-refractivity contribution is 7.12. The molecule has 2 rings (SSSR count). The molecule has 24 heavy (non-hydrogen) atoms. The summed E-state index contributed by atoms with van der Waals surface area (Å²) >= 11 is 1.24. The number of benzene rings is 1. The van der Waals surface area contributed by atoms with Gasteiger partial charge in [-0.25, -0.2) is 8.78 Å². The molecule has 0 saturated heterocycles. The predicted molar refractivity (Wildman–Crippen MR) is 84.6 cm³/mol. The van der Waals surface area contributed by atoms with Gasteiger partial charge in [-0.3, -0.25) is 14.4 Å². The van der Waals surface area contributed by atoms with E-state index in [0.717, 1.165) is 12.1 Å². The fourth-order valence-corrected chi connectivity index (χ4v) is 2.32. The minimum Gasteiger partial charge on any atom is -0.345 e. The molecule has 0 aliphatic carbocycles. The van der Waals surface area contributed by atoms with Crippen molar-refractivity contribution in [1.29, 1.82) is 0 Å². The summed E-state index contributed by atoms with van der Waals surface area (Å²) in [6, 6.07) is 6.23. The summed E-state index contributed by atoms with van der Waals surface area (Å²) in [7, 11) is 0. The van der Waals surface area contributed by atoms with E-state index >= 15 is 0 Å². The lowest BCUT2D eigenvalue weighted by Crippen LogP contribution is -2.40. The molecule has 0 radical (unpaired) electrons. The SMILES string of the molecule is O=C(CNC(=O)c1cccs1)NCC(=O)Nc1ccc(F)c(F)c1. The van der Waals surface area contributed by atoms with Crippen molar-refractivity contribution < 1.29 is 23.2 Å². The van der Waals surface area contributed by atoms with Crippen molar-refractivity contribution >= 4 is 34.7 Å². The highest BCUT2D eigenvalue weighted by Gasteiger charge is 2.10. The first-order valence-corrected chi connectivity index (χ1v) is 7.67. The first-order valence-electron chi connectivity index (χ1n) is 6.79. The van der Waals surface area contributed by atoms with Crippen LogP contribution in [0.5, 0.6) is 0 Å². The molecule has 0 unspecified atom stereocenters. The Bertz CT molecular complexity index is 750. The zero-order valence-electron chi connectivity index (χ0n) is 12.3. The third kappa shape index (κ3) is 5.13. The van der Waals surface area contributed by atoms with E-state index < -0.39 is 23.4 Å². The number of amides is 3. The van der Waals surface area contributed by atoms with Gasteiger partial charge in [0.05, 0.1) is 18.0 Å². The molecule has 9 heteroatoms. The number of rotatable bonds is 6. The molecule has 2 aromatic rings. The maximum absolute atomic E-state index is 13.0. The van der Waals surface area contributed by atoms with Gasteiger partial charge in [-0.1, -0.05) is 6.07 Å². The number of anilines is 1. The van der Waals surface area contributed by atoms with Crippen molar-refractivity contribution in [2.45, 2.75) is 0 Å². The van der Waals surface area contributed by atoms with Crippen molar-refractivity contribution in [1.82, 2.24) is 10.6 Å². The van der Waals surface area contributed by atoms with Gasteiger partial charge < -0.3 is 16.0 Å². The second kappa shape index (κ2) is 8.16. The van der Waals surface area contributed by atoms with Crippen LogP contribution in [0.2, 0.25) is 0 Å². The molecule has 3 amide bonds. The van der Waals surface area contributed by atoms with Crippen LogP contribution in [0.3, 0.4) is 0 Å². The zero-order chi connectivity index (χ0) is 17.5. The number of nitrogens with one attached hydrogen (secondary N) is 3. The number of hydrogen-bond donors (Lipinski definition) is 3. The quantitative estimate of drug-likeness (QED) is 0.736. The Morgan fingerprint density at radius 1 is 0.958 bits per heavy atom. The van der Waals surface area contributed by atoms with Gasteiger partial charge in [0.1, 0.15) is 0 Å². The van der Waals surface area contributed by atoms with E-state index in [2.05, 4.69) is 16.0 Å². The van der Waals surface area contributed by atoms with Crippen molar-refractivity contribution in [2.75, 3.05) is 18.4 Å². The van der Waals surface area contributed by atoms with Crippen LogP contribution in [0, 0.1) is 11.6 Å². The zero-order valence-corrected chi connectivity index (χ0v) is 13.1. The minimum atomic E-state index is -1.09. The monoisotopic (exact) mass is 353 g/mol. The first kappa shape index (κ1) is 17.5. The van der Waals surface area contributed by atoms with Crippen LogP contribution in [0.4, 0.5) is 14.5 Å². The lowest BCUT2D eigenvalue weighted by molar-refractivity contribution is -0.123. The smallest absolute Gasteiger partial charge is 0.261 e. The molecule has 3 N–H and O–H groups in total. The van der Waals surface area contributed by atoms with Crippen LogP contribution >= 0.6 is 11.3 Å². The van der Waals surface area contributed by atoms with Crippen molar-refractivity contribution in [2.24, 2.45) is 0 Å². The molecule has 0 aliphatic heterocycles. The second-order valence-corrected chi connectivity index (χ2v) is 5.56. The first-order chi connectivity index (χ1) is 11.5. The molecule has 6 nitrogen and oxygen atoms in total. The van der Waals surface area contributed by atoms with Gasteiger partial charge in [-0.2, -0.15) is 0 Å². The van der Waals surface area contributed by atoms with Gasteiger partial charge in [0.25, 0.3) is 5.91 Å². The van der Waals surface area contributed by atoms with Crippen LogP contribution in [-0.4, -0.2) is 30.8 Å². The number of hydrogen-bond acceptors (Lipinski definition) is 4. The highest BCUT2D eigenvalue weighted by atomic mass is 32.1. The van der Waals surface area contributed by atoms with Gasteiger partial charge in [0.15, 0.2) is 11.6 Å². The highest BCUT2D eigenvalue weighted by Crippen LogP contribution is 2.12. The molecule has 0 saturated carbocycles. The van der Waals surface area contributed by atoms with Gasteiger partial charge in [0, 0.05) is 11.8 Å².